The van der Waals surface area contributed by atoms with Gasteiger partial charge in [-0.15, -0.1) is 0 Å². The van der Waals surface area contributed by atoms with Crippen LogP contribution in [0.2, 0.25) is 0 Å². The smallest absolute Gasteiger partial charge is 0.247 e. The van der Waals surface area contributed by atoms with E-state index in [1.807, 2.05) is 7.05 Å². The molecular weight excluding hydrogens is 477 g/mol. The Hall–Kier alpha value is -4.51. The van der Waals surface area contributed by atoms with Gasteiger partial charge >= 0.3 is 0 Å². The van der Waals surface area contributed by atoms with Crippen molar-refractivity contribution in [3.8, 4) is 17.2 Å². The zero-order chi connectivity index (χ0) is 25.9. The number of ether oxygens (including phenoxy) is 2. The van der Waals surface area contributed by atoms with E-state index in [9.17, 15) is 9.18 Å². The number of rotatable bonds is 8. The third-order valence-corrected chi connectivity index (χ3v) is 6.01. The Bertz CT molecular complexity index is 1470. The highest BCUT2D eigenvalue weighted by atomic mass is 19.1. The van der Waals surface area contributed by atoms with Crippen LogP contribution < -0.4 is 20.1 Å². The highest BCUT2D eigenvalue weighted by molar-refractivity contribution is 6.00. The summed E-state index contributed by atoms with van der Waals surface area (Å²) < 4.78 is 27.3. The molecule has 1 aliphatic heterocycles. The number of fused-ring (bicyclic) bond motifs is 1. The number of anilines is 3. The molecule has 5 rings (SSSR count). The van der Waals surface area contributed by atoms with E-state index in [1.165, 1.54) is 18.2 Å². The van der Waals surface area contributed by atoms with Crippen molar-refractivity contribution < 1.29 is 18.7 Å². The van der Waals surface area contributed by atoms with Crippen molar-refractivity contribution in [2.24, 2.45) is 0 Å². The summed E-state index contributed by atoms with van der Waals surface area (Å²) in [6.45, 7) is 5.25. The lowest BCUT2D eigenvalue weighted by molar-refractivity contribution is -0.111. The maximum atomic E-state index is 13.8. The number of carbonyl (C=O) groups is 1. The van der Waals surface area contributed by atoms with Gasteiger partial charge in [0.25, 0.3) is 0 Å². The summed E-state index contributed by atoms with van der Waals surface area (Å²) in [5, 5.41) is 5.95. The summed E-state index contributed by atoms with van der Waals surface area (Å²) in [5.74, 6) is 0.480. The lowest BCUT2D eigenvalue weighted by atomic mass is 10.2. The minimum atomic E-state index is -0.374. The van der Waals surface area contributed by atoms with E-state index in [2.05, 4.69) is 37.1 Å². The Balaban J connectivity index is 1.50. The molecule has 10 nitrogen and oxygen atoms in total. The molecule has 0 spiro atoms. The van der Waals surface area contributed by atoms with Gasteiger partial charge in [-0.1, -0.05) is 12.6 Å². The molecule has 37 heavy (non-hydrogen) atoms. The number of likely N-dealkylation sites (tertiary alicyclic amines) is 1. The lowest BCUT2D eigenvalue weighted by Gasteiger charge is -2.20. The molecule has 1 saturated heterocycles. The highest BCUT2D eigenvalue weighted by Crippen LogP contribution is 2.39. The third-order valence-electron chi connectivity index (χ3n) is 6.01. The highest BCUT2D eigenvalue weighted by Gasteiger charge is 2.24. The van der Waals surface area contributed by atoms with E-state index in [0.717, 1.165) is 19.5 Å². The van der Waals surface area contributed by atoms with Gasteiger partial charge in [0.15, 0.2) is 5.65 Å². The van der Waals surface area contributed by atoms with Crippen LogP contribution in [-0.4, -0.2) is 63.7 Å². The van der Waals surface area contributed by atoms with Crippen molar-refractivity contribution in [2.75, 3.05) is 37.9 Å². The van der Waals surface area contributed by atoms with Crippen LogP contribution >= 0.6 is 0 Å². The number of methoxy groups -OCH3 is 1. The van der Waals surface area contributed by atoms with Gasteiger partial charge in [-0.2, -0.15) is 4.98 Å². The molecule has 1 atom stereocenters. The number of aromatic nitrogens is 4. The minimum Gasteiger partial charge on any atom is -0.494 e. The number of hydrogen-bond acceptors (Lipinski definition) is 8. The molecule has 1 unspecified atom stereocenters. The average molecular weight is 504 g/mol. The lowest BCUT2D eigenvalue weighted by Crippen LogP contribution is -2.22. The number of carbonyl (C=O) groups excluding carboxylic acids is 1. The predicted octanol–water partition coefficient (Wildman–Crippen LogP) is 3.91. The molecule has 11 heteroatoms. The Morgan fingerprint density at radius 3 is 2.81 bits per heavy atom. The zero-order valence-electron chi connectivity index (χ0n) is 20.4. The van der Waals surface area contributed by atoms with Crippen LogP contribution in [0, 0.1) is 5.82 Å². The molecule has 4 aromatic rings. The Morgan fingerprint density at radius 2 is 2.08 bits per heavy atom. The fraction of sp³-hybridized carbons (Fsp3) is 0.231. The Kier molecular flexibility index (Phi) is 6.69. The molecule has 1 aliphatic rings. The maximum Gasteiger partial charge on any atom is 0.247 e. The van der Waals surface area contributed by atoms with Gasteiger partial charge < -0.3 is 25.0 Å². The van der Waals surface area contributed by atoms with Crippen molar-refractivity contribution in [3.63, 3.8) is 0 Å². The Labute approximate surface area is 212 Å². The molecule has 2 aromatic carbocycles. The van der Waals surface area contributed by atoms with Gasteiger partial charge in [0.1, 0.15) is 35.3 Å². The molecule has 0 aliphatic carbocycles. The SMILES string of the molecule is C=CC(=O)Nc1cc(Nc2ncc3ncn(-c4cccc(F)c4)c3n2)c(OC)cc1OC1CCN(C)C1. The molecule has 0 radical (unpaired) electrons. The molecule has 3 heterocycles. The van der Waals surface area contributed by atoms with E-state index in [-0.39, 0.29) is 23.8 Å². The van der Waals surface area contributed by atoms with E-state index in [0.29, 0.717) is 39.7 Å². The number of halogens is 1. The van der Waals surface area contributed by atoms with E-state index in [1.54, 1.807) is 48.5 Å². The molecule has 1 fully saturated rings. The van der Waals surface area contributed by atoms with E-state index < -0.39 is 0 Å². The van der Waals surface area contributed by atoms with Crippen LogP contribution in [0.25, 0.3) is 16.9 Å². The van der Waals surface area contributed by atoms with E-state index >= 15 is 0 Å². The first-order valence-corrected chi connectivity index (χ1v) is 11.7. The third kappa shape index (κ3) is 5.21. The summed E-state index contributed by atoms with van der Waals surface area (Å²) in [4.78, 5) is 27.6. The van der Waals surface area contributed by atoms with Crippen molar-refractivity contribution in [1.82, 2.24) is 24.4 Å². The number of likely N-dealkylation sites (N-methyl/N-ethyl adjacent to an activating group) is 1. The average Bonchev–Trinajstić information content (AvgIpc) is 3.50. The number of nitrogens with one attached hydrogen (secondary N) is 2. The van der Waals surface area contributed by atoms with Crippen LogP contribution in [0.15, 0.2) is 61.6 Å². The molecule has 2 aromatic heterocycles. The van der Waals surface area contributed by atoms with Crippen LogP contribution in [-0.2, 0) is 4.79 Å². The standard InChI is InChI=1S/C26H26FN7O3/c1-4-24(35)30-20-11-19(22(36-3)12-23(20)37-18-8-9-33(2)14-18)31-26-28-13-21-25(32-26)34(15-29-21)17-7-5-6-16(27)10-17/h4-7,10-13,15,18H,1,8-9,14H2,2-3H3,(H,30,35)(H,28,31,32). The van der Waals surface area contributed by atoms with Crippen LogP contribution in [0.4, 0.5) is 21.7 Å². The summed E-state index contributed by atoms with van der Waals surface area (Å²) in [7, 11) is 3.58. The van der Waals surface area contributed by atoms with Crippen LogP contribution in [0.1, 0.15) is 6.42 Å². The topological polar surface area (TPSA) is 106 Å². The molecular formula is C26H26FN7O3. The van der Waals surface area contributed by atoms with Crippen molar-refractivity contribution in [1.29, 1.82) is 0 Å². The van der Waals surface area contributed by atoms with Crippen LogP contribution in [0.5, 0.6) is 11.5 Å². The van der Waals surface area contributed by atoms with Gasteiger partial charge in [0.2, 0.25) is 11.9 Å². The molecule has 190 valence electrons. The summed E-state index contributed by atoms with van der Waals surface area (Å²) in [5.41, 5.74) is 2.58. The second-order valence-electron chi connectivity index (χ2n) is 8.65. The fourth-order valence-corrected chi connectivity index (χ4v) is 4.18. The predicted molar refractivity (Wildman–Crippen MR) is 138 cm³/mol. The van der Waals surface area contributed by atoms with E-state index in [4.69, 9.17) is 9.47 Å². The van der Waals surface area contributed by atoms with Gasteiger partial charge in [-0.05, 0) is 43.8 Å². The van der Waals surface area contributed by atoms with Gasteiger partial charge in [0.05, 0.1) is 30.4 Å². The fourth-order valence-electron chi connectivity index (χ4n) is 4.18. The largest absolute Gasteiger partial charge is 0.494 e. The van der Waals surface area contributed by atoms with Crippen molar-refractivity contribution in [2.45, 2.75) is 12.5 Å². The van der Waals surface area contributed by atoms with Crippen molar-refractivity contribution in [3.05, 3.63) is 67.4 Å². The zero-order valence-corrected chi connectivity index (χ0v) is 20.4. The van der Waals surface area contributed by atoms with Gasteiger partial charge in [-0.3, -0.25) is 9.36 Å². The molecule has 1 amide bonds. The monoisotopic (exact) mass is 503 g/mol. The molecule has 0 bridgehead atoms. The normalized spacial score (nSPS) is 15.5. The second kappa shape index (κ2) is 10.2. The quantitative estimate of drug-likeness (QED) is 0.349. The van der Waals surface area contributed by atoms with Crippen LogP contribution in [0.3, 0.4) is 0 Å². The Morgan fingerprint density at radius 1 is 1.22 bits per heavy atom. The number of nitrogens with zero attached hydrogens (tertiary/aromatic N) is 5. The van der Waals surface area contributed by atoms with Gasteiger partial charge in [0, 0.05) is 19.2 Å². The number of amides is 1. The summed E-state index contributed by atoms with van der Waals surface area (Å²) in [6.07, 6.45) is 5.19. The maximum absolute atomic E-state index is 13.8. The number of hydrogen-bond donors (Lipinski definition) is 2. The summed E-state index contributed by atoms with van der Waals surface area (Å²) in [6, 6.07) is 9.57. The first kappa shape index (κ1) is 24.2. The van der Waals surface area contributed by atoms with Crippen molar-refractivity contribution >= 4 is 34.4 Å². The first-order valence-electron chi connectivity index (χ1n) is 11.7. The van der Waals surface area contributed by atoms with Gasteiger partial charge in [-0.25, -0.2) is 14.4 Å². The number of imidazole rings is 1. The first-order chi connectivity index (χ1) is 17.9. The second-order valence-corrected chi connectivity index (χ2v) is 8.65. The molecule has 2 N–H and O–H groups in total. The summed E-state index contributed by atoms with van der Waals surface area (Å²) >= 11 is 0. The number of benzene rings is 2. The molecule has 0 saturated carbocycles. The minimum absolute atomic E-state index is 0.0123.